The predicted molar refractivity (Wildman–Crippen MR) is 98.5 cm³/mol. The van der Waals surface area contributed by atoms with Crippen LogP contribution in [0.25, 0.3) is 22.3 Å². The summed E-state index contributed by atoms with van der Waals surface area (Å²) in [4.78, 5) is 24.5. The van der Waals surface area contributed by atoms with E-state index in [1.807, 2.05) is 43.3 Å². The number of hydrogen-bond acceptors (Lipinski definition) is 3. The molecule has 0 amide bonds. The first-order valence-corrected chi connectivity index (χ1v) is 8.18. The number of fused-ring (bicyclic) bond motifs is 1. The van der Waals surface area contributed by atoms with Gasteiger partial charge in [0.05, 0.1) is 0 Å². The zero-order chi connectivity index (χ0) is 17.2. The Bertz CT molecular complexity index is 1050. The molecular weight excluding hydrogens is 310 g/mol. The first-order valence-electron chi connectivity index (χ1n) is 8.18. The van der Waals surface area contributed by atoms with Gasteiger partial charge in [-0.25, -0.2) is 4.98 Å². The first kappa shape index (κ1) is 15.3. The molecule has 4 heteroatoms. The van der Waals surface area contributed by atoms with Crippen LogP contribution < -0.4 is 0 Å². The van der Waals surface area contributed by atoms with Crippen LogP contribution in [0.15, 0.2) is 67.0 Å². The maximum atomic E-state index is 12.5. The summed E-state index contributed by atoms with van der Waals surface area (Å²) in [6.07, 6.45) is 3.70. The molecule has 1 aromatic carbocycles. The number of aryl methyl sites for hydroxylation is 1. The molecule has 25 heavy (non-hydrogen) atoms. The van der Waals surface area contributed by atoms with E-state index in [2.05, 4.69) is 33.2 Å². The van der Waals surface area contributed by atoms with Crippen LogP contribution in [0, 0.1) is 6.92 Å². The minimum Gasteiger partial charge on any atom is -0.339 e. The fourth-order valence-corrected chi connectivity index (χ4v) is 2.98. The summed E-state index contributed by atoms with van der Waals surface area (Å²) in [5.74, 6) is 0.0121. The van der Waals surface area contributed by atoms with Gasteiger partial charge in [-0.15, -0.1) is 0 Å². The highest BCUT2D eigenvalue weighted by Crippen LogP contribution is 2.23. The summed E-state index contributed by atoms with van der Waals surface area (Å²) >= 11 is 0. The van der Waals surface area contributed by atoms with E-state index < -0.39 is 0 Å². The number of rotatable bonds is 4. The van der Waals surface area contributed by atoms with Gasteiger partial charge in [-0.1, -0.05) is 36.4 Å². The van der Waals surface area contributed by atoms with Crippen molar-refractivity contribution in [1.82, 2.24) is 15.0 Å². The van der Waals surface area contributed by atoms with Crippen molar-refractivity contribution >= 4 is 16.8 Å². The molecule has 0 saturated heterocycles. The molecule has 0 aliphatic rings. The van der Waals surface area contributed by atoms with E-state index in [-0.39, 0.29) is 5.78 Å². The van der Waals surface area contributed by atoms with Gasteiger partial charge < -0.3 is 4.98 Å². The Labute approximate surface area is 145 Å². The molecule has 4 aromatic rings. The van der Waals surface area contributed by atoms with E-state index in [4.69, 9.17) is 0 Å². The molecule has 0 fully saturated rings. The molecule has 0 aliphatic heterocycles. The molecule has 0 radical (unpaired) electrons. The maximum Gasteiger partial charge on any atom is 0.185 e. The number of nitrogens with one attached hydrogen (secondary N) is 1. The summed E-state index contributed by atoms with van der Waals surface area (Å²) in [5.41, 5.74) is 5.27. The van der Waals surface area contributed by atoms with Crippen molar-refractivity contribution in [2.75, 3.05) is 0 Å². The minimum absolute atomic E-state index is 0.0121. The third kappa shape index (κ3) is 3.06. The molecule has 0 spiro atoms. The van der Waals surface area contributed by atoms with E-state index in [0.29, 0.717) is 12.1 Å². The lowest BCUT2D eigenvalue weighted by Gasteiger charge is -2.03. The lowest BCUT2D eigenvalue weighted by molar-refractivity contribution is 0.0987. The van der Waals surface area contributed by atoms with E-state index >= 15 is 0 Å². The molecule has 0 unspecified atom stereocenters. The number of H-pyrrole nitrogens is 1. The maximum absolute atomic E-state index is 12.5. The number of ketones is 1. The molecular formula is C21H17N3O. The first-order chi connectivity index (χ1) is 12.2. The van der Waals surface area contributed by atoms with Crippen LogP contribution in [-0.4, -0.2) is 20.7 Å². The Morgan fingerprint density at radius 3 is 2.68 bits per heavy atom. The smallest absolute Gasteiger partial charge is 0.185 e. The standard InChI is InChI=1S/C21H17N3O/c1-14-6-5-9-22-20(14)19(25)11-15-10-17-12-18(24-21(17)23-13-15)16-7-3-2-4-8-16/h2-10,12-13H,11H2,1H3,(H,23,24). The van der Waals surface area contributed by atoms with Gasteiger partial charge in [-0.3, -0.25) is 9.78 Å². The highest BCUT2D eigenvalue weighted by molar-refractivity contribution is 5.97. The Balaban J connectivity index is 1.63. The number of Topliss-reactive ketones (excluding diaryl/α,β-unsaturated/α-hetero) is 1. The number of pyridine rings is 2. The minimum atomic E-state index is 0.0121. The molecule has 4 nitrogen and oxygen atoms in total. The second kappa shape index (κ2) is 6.32. The van der Waals surface area contributed by atoms with Gasteiger partial charge >= 0.3 is 0 Å². The van der Waals surface area contributed by atoms with Crippen molar-refractivity contribution in [1.29, 1.82) is 0 Å². The van der Waals surface area contributed by atoms with Crippen LogP contribution in [0.5, 0.6) is 0 Å². The molecule has 0 saturated carbocycles. The third-order valence-electron chi connectivity index (χ3n) is 4.25. The highest BCUT2D eigenvalue weighted by atomic mass is 16.1. The van der Waals surface area contributed by atoms with Crippen molar-refractivity contribution in [3.63, 3.8) is 0 Å². The Hall–Kier alpha value is -3.27. The van der Waals surface area contributed by atoms with E-state index in [0.717, 1.165) is 33.4 Å². The summed E-state index contributed by atoms with van der Waals surface area (Å²) in [7, 11) is 0. The molecule has 3 aromatic heterocycles. The number of benzene rings is 1. The van der Waals surface area contributed by atoms with Crippen LogP contribution in [0.4, 0.5) is 0 Å². The van der Waals surface area contributed by atoms with E-state index in [1.54, 1.807) is 12.4 Å². The van der Waals surface area contributed by atoms with Gasteiger partial charge in [-0.2, -0.15) is 0 Å². The fourth-order valence-electron chi connectivity index (χ4n) is 2.98. The molecule has 4 rings (SSSR count). The number of aromatic amines is 1. The van der Waals surface area contributed by atoms with Crippen LogP contribution >= 0.6 is 0 Å². The van der Waals surface area contributed by atoms with Gasteiger partial charge in [0.2, 0.25) is 0 Å². The predicted octanol–water partition coefficient (Wildman–Crippen LogP) is 4.36. The molecule has 0 atom stereocenters. The summed E-state index contributed by atoms with van der Waals surface area (Å²) in [6, 6.07) is 17.9. The number of nitrogens with zero attached hydrogens (tertiary/aromatic N) is 2. The zero-order valence-electron chi connectivity index (χ0n) is 13.9. The number of aromatic nitrogens is 3. The van der Waals surface area contributed by atoms with Gasteiger partial charge in [0.25, 0.3) is 0 Å². The van der Waals surface area contributed by atoms with E-state index in [9.17, 15) is 4.79 Å². The van der Waals surface area contributed by atoms with Crippen molar-refractivity contribution in [2.45, 2.75) is 13.3 Å². The van der Waals surface area contributed by atoms with Crippen LogP contribution in [0.2, 0.25) is 0 Å². The highest BCUT2D eigenvalue weighted by Gasteiger charge is 2.12. The van der Waals surface area contributed by atoms with Gasteiger partial charge in [0.1, 0.15) is 11.3 Å². The Morgan fingerprint density at radius 1 is 1.04 bits per heavy atom. The number of carbonyl (C=O) groups excluding carboxylic acids is 1. The molecule has 1 N–H and O–H groups in total. The SMILES string of the molecule is Cc1cccnc1C(=O)Cc1cnc2[nH]c(-c3ccccc3)cc2c1. The van der Waals surface area contributed by atoms with Gasteiger partial charge in [-0.05, 0) is 41.8 Å². The molecule has 0 bridgehead atoms. The van der Waals surface area contributed by atoms with Crippen LogP contribution in [0.1, 0.15) is 21.6 Å². The van der Waals surface area contributed by atoms with Crippen molar-refractivity contribution in [2.24, 2.45) is 0 Å². The summed E-state index contributed by atoms with van der Waals surface area (Å²) < 4.78 is 0. The van der Waals surface area contributed by atoms with E-state index in [1.165, 1.54) is 0 Å². The van der Waals surface area contributed by atoms with Crippen molar-refractivity contribution in [3.05, 3.63) is 83.8 Å². The quantitative estimate of drug-likeness (QED) is 0.567. The van der Waals surface area contributed by atoms with Crippen molar-refractivity contribution < 1.29 is 4.79 Å². The second-order valence-electron chi connectivity index (χ2n) is 6.10. The zero-order valence-corrected chi connectivity index (χ0v) is 13.9. The fraction of sp³-hybridized carbons (Fsp3) is 0.0952. The topological polar surface area (TPSA) is 58.6 Å². The Kier molecular flexibility index (Phi) is 3.86. The lowest BCUT2D eigenvalue weighted by Crippen LogP contribution is -2.08. The molecule has 122 valence electrons. The van der Waals surface area contributed by atoms with Crippen LogP contribution in [0.3, 0.4) is 0 Å². The average molecular weight is 327 g/mol. The Morgan fingerprint density at radius 2 is 1.88 bits per heavy atom. The average Bonchev–Trinajstić information content (AvgIpc) is 3.06. The van der Waals surface area contributed by atoms with Crippen LogP contribution in [-0.2, 0) is 6.42 Å². The third-order valence-corrected chi connectivity index (χ3v) is 4.25. The number of carbonyl (C=O) groups is 1. The summed E-state index contributed by atoms with van der Waals surface area (Å²) in [5, 5.41) is 1.00. The van der Waals surface area contributed by atoms with Gasteiger partial charge in [0.15, 0.2) is 5.78 Å². The van der Waals surface area contributed by atoms with Crippen molar-refractivity contribution in [3.8, 4) is 11.3 Å². The normalized spacial score (nSPS) is 10.9. The lowest BCUT2D eigenvalue weighted by atomic mass is 10.0. The molecule has 0 aliphatic carbocycles. The largest absolute Gasteiger partial charge is 0.339 e. The number of hydrogen-bond donors (Lipinski definition) is 1. The second-order valence-corrected chi connectivity index (χ2v) is 6.10. The molecule has 3 heterocycles. The summed E-state index contributed by atoms with van der Waals surface area (Å²) in [6.45, 7) is 1.90. The van der Waals surface area contributed by atoms with Gasteiger partial charge in [0, 0.05) is 29.9 Å². The monoisotopic (exact) mass is 327 g/mol.